The zero-order chi connectivity index (χ0) is 49.5. The Morgan fingerprint density at radius 2 is 1.52 bits per heavy atom. The van der Waals surface area contributed by atoms with E-state index in [0.29, 0.717) is 38.3 Å². The molecule has 2 heterocycles. The molecule has 364 valence electrons. The minimum absolute atomic E-state index is 0.271. The van der Waals surface area contributed by atoms with E-state index in [1.807, 2.05) is 6.07 Å². The number of allylic oxidation sites excluding steroid dienone is 6. The summed E-state index contributed by atoms with van der Waals surface area (Å²) >= 11 is 0. The Balaban J connectivity index is 1.24. The topological polar surface area (TPSA) is 106 Å². The van der Waals surface area contributed by atoms with Gasteiger partial charge in [-0.15, -0.1) is 0 Å². The first-order chi connectivity index (χ1) is 33.0. The lowest BCUT2D eigenvalue weighted by Crippen LogP contribution is -2.33. The van der Waals surface area contributed by atoms with Crippen LogP contribution in [0.4, 0.5) is 11.4 Å². The van der Waals surface area contributed by atoms with Crippen molar-refractivity contribution in [2.24, 2.45) is 0 Å². The minimum atomic E-state index is -4.14. The predicted octanol–water partition coefficient (Wildman–Crippen LogP) is 13.9. The highest BCUT2D eigenvalue weighted by molar-refractivity contribution is 7.85. The average Bonchev–Trinajstić information content (AvgIpc) is 3.66. The van der Waals surface area contributed by atoms with E-state index in [1.54, 1.807) is 0 Å². The van der Waals surface area contributed by atoms with Gasteiger partial charge in [-0.3, -0.25) is 9.22 Å². The molecule has 2 aliphatic heterocycles. The van der Waals surface area contributed by atoms with E-state index in [4.69, 9.17) is 9.26 Å². The van der Waals surface area contributed by atoms with Crippen LogP contribution in [-0.4, -0.2) is 78.2 Å². The SMILES string of the molecule is CCC[N+]1=C(C=CC(=CC=C2N(CCCS(=O)(=O)O)c3ccc4ccccc4c3C2(C)C)c2cccc(OCCCCOP(CCC#N)N(C(C)C)C(C)C)c2)C(C)(C)c2c1ccc1ccccc21. The van der Waals surface area contributed by atoms with Crippen LogP contribution in [0.3, 0.4) is 0 Å². The molecule has 0 spiro atoms. The van der Waals surface area contributed by atoms with Crippen LogP contribution in [0.1, 0.15) is 111 Å². The summed E-state index contributed by atoms with van der Waals surface area (Å²) in [6.07, 6.45) is 13.1. The quantitative estimate of drug-likeness (QED) is 0.0240. The largest absolute Gasteiger partial charge is 0.494 e. The molecule has 5 aromatic carbocycles. The zero-order valence-corrected chi connectivity index (χ0v) is 43.9. The van der Waals surface area contributed by atoms with Crippen molar-refractivity contribution in [1.82, 2.24) is 4.67 Å². The predicted molar refractivity (Wildman–Crippen MR) is 289 cm³/mol. The molecule has 1 atom stereocenters. The normalized spacial score (nSPS) is 16.7. The first-order valence-electron chi connectivity index (χ1n) is 24.8. The Kier molecular flexibility index (Phi) is 16.7. The Hall–Kier alpha value is -5.14. The van der Waals surface area contributed by atoms with Gasteiger partial charge < -0.3 is 14.2 Å². The Bertz CT molecular complexity index is 2920. The third-order valence-electron chi connectivity index (χ3n) is 13.5. The Morgan fingerprint density at radius 1 is 0.855 bits per heavy atom. The summed E-state index contributed by atoms with van der Waals surface area (Å²) < 4.78 is 51.5. The number of nitriles is 1. The van der Waals surface area contributed by atoms with Crippen LogP contribution in [0, 0.1) is 11.3 Å². The molecular weight excluding hydrogens is 896 g/mol. The molecule has 7 rings (SSSR count). The second-order valence-electron chi connectivity index (χ2n) is 19.9. The highest BCUT2D eigenvalue weighted by Crippen LogP contribution is 2.51. The zero-order valence-electron chi connectivity index (χ0n) is 42.2. The molecule has 0 aliphatic carbocycles. The minimum Gasteiger partial charge on any atom is -0.494 e. The van der Waals surface area contributed by atoms with Crippen molar-refractivity contribution in [1.29, 1.82) is 5.26 Å². The summed E-state index contributed by atoms with van der Waals surface area (Å²) in [5.74, 6) is 0.470. The van der Waals surface area contributed by atoms with Crippen molar-refractivity contribution in [3.8, 4) is 11.8 Å². The number of rotatable bonds is 22. The first-order valence-corrected chi connectivity index (χ1v) is 27.8. The van der Waals surface area contributed by atoms with E-state index in [2.05, 4.69) is 198 Å². The van der Waals surface area contributed by atoms with Gasteiger partial charge in [-0.25, -0.2) is 0 Å². The highest BCUT2D eigenvalue weighted by atomic mass is 32.2. The van der Waals surface area contributed by atoms with E-state index in [9.17, 15) is 18.2 Å². The molecule has 0 radical (unpaired) electrons. The van der Waals surface area contributed by atoms with Crippen molar-refractivity contribution < 1.29 is 26.8 Å². The monoisotopic (exact) mass is 967 g/mol. The van der Waals surface area contributed by atoms with Crippen LogP contribution >= 0.6 is 8.30 Å². The van der Waals surface area contributed by atoms with Gasteiger partial charge in [-0.2, -0.15) is 18.3 Å². The molecule has 5 aromatic rings. The van der Waals surface area contributed by atoms with E-state index in [0.717, 1.165) is 65.6 Å². The summed E-state index contributed by atoms with van der Waals surface area (Å²) in [6.45, 7) is 22.6. The summed E-state index contributed by atoms with van der Waals surface area (Å²) in [5, 5.41) is 14.2. The number of unbranched alkanes of at least 4 members (excludes halogenated alkanes) is 1. The van der Waals surface area contributed by atoms with E-state index in [1.165, 1.54) is 38.7 Å². The van der Waals surface area contributed by atoms with Gasteiger partial charge in [-0.05, 0) is 135 Å². The molecule has 0 saturated heterocycles. The summed E-state index contributed by atoms with van der Waals surface area (Å²) in [7, 11) is -5.00. The number of anilines is 1. The fraction of sp³-hybridized carbons (Fsp3) is 0.414. The van der Waals surface area contributed by atoms with Crippen molar-refractivity contribution in [2.45, 2.75) is 117 Å². The number of hydrogen-bond donors (Lipinski definition) is 1. The molecule has 9 nitrogen and oxygen atoms in total. The second-order valence-corrected chi connectivity index (χ2v) is 23.4. The molecule has 1 unspecified atom stereocenters. The molecule has 0 aromatic heterocycles. The van der Waals surface area contributed by atoms with Crippen molar-refractivity contribution in [3.63, 3.8) is 0 Å². The van der Waals surface area contributed by atoms with Crippen LogP contribution in [-0.2, 0) is 25.5 Å². The maximum Gasteiger partial charge on any atom is 0.264 e. The molecule has 1 N–H and O–H groups in total. The van der Waals surface area contributed by atoms with Crippen LogP contribution in [0.15, 0.2) is 127 Å². The number of hydrogen-bond acceptors (Lipinski definition) is 7. The van der Waals surface area contributed by atoms with Gasteiger partial charge >= 0.3 is 0 Å². The smallest absolute Gasteiger partial charge is 0.264 e. The van der Waals surface area contributed by atoms with Crippen LogP contribution in [0.5, 0.6) is 5.75 Å². The fourth-order valence-electron chi connectivity index (χ4n) is 10.6. The van der Waals surface area contributed by atoms with Crippen LogP contribution < -0.4 is 9.64 Å². The molecule has 0 fully saturated rings. The summed E-state index contributed by atoms with van der Waals surface area (Å²) in [4.78, 5) is 2.24. The Morgan fingerprint density at radius 3 is 2.19 bits per heavy atom. The third-order valence-corrected chi connectivity index (χ3v) is 16.9. The molecule has 69 heavy (non-hydrogen) atoms. The Labute approximate surface area is 413 Å². The number of benzene rings is 5. The molecule has 0 amide bonds. The summed E-state index contributed by atoms with van der Waals surface area (Å²) in [6, 6.07) is 37.2. The van der Waals surface area contributed by atoms with Gasteiger partial charge in [0.15, 0.2) is 5.71 Å². The molecule has 2 aliphatic rings. The van der Waals surface area contributed by atoms with Crippen molar-refractivity contribution >= 4 is 62.6 Å². The van der Waals surface area contributed by atoms with Gasteiger partial charge in [0.05, 0.1) is 30.5 Å². The highest BCUT2D eigenvalue weighted by Gasteiger charge is 2.45. The second kappa shape index (κ2) is 22.3. The standard InChI is InChI=1S/C58H71N4O5PS/c1-10-35-60-51-30-26-45-20-11-13-24-49(45)55(51)57(6,7)53(60)32-28-44(47-22-17-23-48(41-47)66-37-15-16-38-67-68(39-18-34-59)62(42(2)3)43(4)5)29-33-54-58(8,9)56-50-25-14-12-21-46(50)27-31-52(56)61(54)36-19-40-69(63,64)65/h11-14,17,20-33,41-43H,10,15-16,18-19,35-40H2,1-9H3/p+1. The maximum absolute atomic E-state index is 12.0. The van der Waals surface area contributed by atoms with Gasteiger partial charge in [0, 0.05) is 72.1 Å². The molecule has 11 heteroatoms. The van der Waals surface area contributed by atoms with Gasteiger partial charge in [-0.1, -0.05) is 93.6 Å². The maximum atomic E-state index is 12.0. The molecular formula is C58H72N4O5PS+. The van der Waals surface area contributed by atoms with Crippen molar-refractivity contribution in [3.05, 3.63) is 144 Å². The fourth-order valence-corrected chi connectivity index (χ4v) is 13.2. The first kappa shape index (κ1) is 51.7. The average molecular weight is 968 g/mol. The third kappa shape index (κ3) is 11.6. The summed E-state index contributed by atoms with van der Waals surface area (Å²) in [5.41, 5.74) is 8.42. The van der Waals surface area contributed by atoms with E-state index in [-0.39, 0.29) is 17.6 Å². The van der Waals surface area contributed by atoms with Crippen molar-refractivity contribution in [2.75, 3.05) is 43.1 Å². The lowest BCUT2D eigenvalue weighted by molar-refractivity contribution is -0.437. The number of ether oxygens (including phenoxy) is 1. The van der Waals surface area contributed by atoms with Gasteiger partial charge in [0.2, 0.25) is 5.69 Å². The van der Waals surface area contributed by atoms with E-state index < -0.39 is 23.8 Å². The van der Waals surface area contributed by atoms with E-state index >= 15 is 0 Å². The lowest BCUT2D eigenvalue weighted by Gasteiger charge is -2.37. The number of nitrogens with zero attached hydrogens (tertiary/aromatic N) is 4. The van der Waals surface area contributed by atoms with Crippen LogP contribution in [0.25, 0.3) is 27.1 Å². The van der Waals surface area contributed by atoms with Crippen LogP contribution in [0.2, 0.25) is 0 Å². The number of fused-ring (bicyclic) bond motifs is 6. The van der Waals surface area contributed by atoms with Gasteiger partial charge in [0.1, 0.15) is 20.6 Å². The molecule has 0 saturated carbocycles. The lowest BCUT2D eigenvalue weighted by atomic mass is 9.79. The van der Waals surface area contributed by atoms with Gasteiger partial charge in [0.25, 0.3) is 10.1 Å². The molecule has 0 bridgehead atoms.